The van der Waals surface area contributed by atoms with Crippen molar-refractivity contribution in [3.63, 3.8) is 0 Å². The number of carboxylic acids is 1. The Bertz CT molecular complexity index is 1130. The van der Waals surface area contributed by atoms with E-state index in [0.717, 1.165) is 5.56 Å². The van der Waals surface area contributed by atoms with Gasteiger partial charge in [0.15, 0.2) is 0 Å². The number of aliphatic carboxylic acids is 1. The number of aromatic nitrogens is 1. The monoisotopic (exact) mass is 410 g/mol. The molecule has 7 nitrogen and oxygen atoms in total. The van der Waals surface area contributed by atoms with E-state index in [1.54, 1.807) is 54.9 Å². The summed E-state index contributed by atoms with van der Waals surface area (Å²) in [5, 5.41) is 9.31. The lowest BCUT2D eigenvalue weighted by Crippen LogP contribution is -2.29. The van der Waals surface area contributed by atoms with Crippen LogP contribution in [0.25, 0.3) is 0 Å². The Hall–Kier alpha value is -3.39. The Morgan fingerprint density at radius 2 is 1.72 bits per heavy atom. The Kier molecular flexibility index (Phi) is 4.94. The minimum Gasteiger partial charge on any atom is -0.489 e. The van der Waals surface area contributed by atoms with Crippen LogP contribution in [0.15, 0.2) is 78.0 Å². The van der Waals surface area contributed by atoms with Crippen LogP contribution in [0.3, 0.4) is 0 Å². The zero-order valence-electron chi connectivity index (χ0n) is 15.3. The first kappa shape index (κ1) is 18.9. The molecule has 8 heteroatoms. The molecule has 0 saturated heterocycles. The molecular formula is C21H18N2O5S. The number of hydrogen-bond donors (Lipinski definition) is 1. The van der Waals surface area contributed by atoms with Crippen molar-refractivity contribution in [3.05, 3.63) is 84.2 Å². The molecule has 0 bridgehead atoms. The van der Waals surface area contributed by atoms with Crippen LogP contribution in [0.4, 0.5) is 5.69 Å². The molecule has 1 N–H and O–H groups in total. The topological polar surface area (TPSA) is 96.8 Å². The number of benzene rings is 2. The molecule has 2 heterocycles. The van der Waals surface area contributed by atoms with Gasteiger partial charge in [-0.3, -0.25) is 14.1 Å². The largest absolute Gasteiger partial charge is 0.489 e. The van der Waals surface area contributed by atoms with Gasteiger partial charge in [-0.25, -0.2) is 8.42 Å². The second kappa shape index (κ2) is 7.56. The van der Waals surface area contributed by atoms with Gasteiger partial charge in [-0.05, 0) is 53.6 Å². The summed E-state index contributed by atoms with van der Waals surface area (Å²) in [4.78, 5) is 15.5. The average Bonchev–Trinajstić information content (AvgIpc) is 2.94. The summed E-state index contributed by atoms with van der Waals surface area (Å²) in [6.07, 6.45) is 3.04. The Labute approximate surface area is 168 Å². The molecule has 1 aliphatic heterocycles. The molecule has 3 aromatic rings. The summed E-state index contributed by atoms with van der Waals surface area (Å²) >= 11 is 0. The number of anilines is 1. The van der Waals surface area contributed by atoms with Crippen LogP contribution in [-0.2, 0) is 21.4 Å². The van der Waals surface area contributed by atoms with E-state index in [-0.39, 0.29) is 11.3 Å². The number of ether oxygens (including phenoxy) is 1. The lowest BCUT2D eigenvalue weighted by Gasteiger charge is -2.24. The van der Waals surface area contributed by atoms with Crippen LogP contribution >= 0.6 is 0 Å². The molecule has 148 valence electrons. The lowest BCUT2D eigenvalue weighted by molar-refractivity contribution is -0.137. The van der Waals surface area contributed by atoms with E-state index in [1.165, 1.54) is 10.4 Å². The summed E-state index contributed by atoms with van der Waals surface area (Å²) in [5.74, 6) is -0.487. The third kappa shape index (κ3) is 3.66. The summed E-state index contributed by atoms with van der Waals surface area (Å²) in [5.41, 5.74) is 1.85. The molecule has 4 rings (SSSR count). The molecule has 0 aliphatic carbocycles. The first-order chi connectivity index (χ1) is 14.0. The van der Waals surface area contributed by atoms with Gasteiger partial charge in [-0.2, -0.15) is 0 Å². The molecule has 0 saturated carbocycles. The summed E-state index contributed by atoms with van der Waals surface area (Å²) in [7, 11) is -3.84. The third-order valence-corrected chi connectivity index (χ3v) is 6.62. The van der Waals surface area contributed by atoms with Crippen molar-refractivity contribution >= 4 is 21.7 Å². The van der Waals surface area contributed by atoms with E-state index in [1.807, 2.05) is 12.1 Å². The van der Waals surface area contributed by atoms with Gasteiger partial charge in [-0.1, -0.05) is 18.2 Å². The molecule has 1 aliphatic rings. The number of nitrogens with zero attached hydrogens (tertiary/aromatic N) is 2. The predicted molar refractivity (Wildman–Crippen MR) is 106 cm³/mol. The highest BCUT2D eigenvalue weighted by atomic mass is 32.2. The fraction of sp³-hybridized carbons (Fsp3) is 0.143. The Morgan fingerprint density at radius 1 is 1.03 bits per heavy atom. The van der Waals surface area contributed by atoms with Crippen molar-refractivity contribution in [2.75, 3.05) is 4.31 Å². The molecule has 29 heavy (non-hydrogen) atoms. The van der Waals surface area contributed by atoms with Crippen molar-refractivity contribution in [2.24, 2.45) is 0 Å². The van der Waals surface area contributed by atoms with E-state index >= 15 is 0 Å². The van der Waals surface area contributed by atoms with E-state index in [0.29, 0.717) is 23.6 Å². The molecule has 0 radical (unpaired) electrons. The van der Waals surface area contributed by atoms with Crippen LogP contribution in [0, 0.1) is 0 Å². The van der Waals surface area contributed by atoms with Gasteiger partial charge in [0.2, 0.25) is 0 Å². The van der Waals surface area contributed by atoms with Gasteiger partial charge in [0.05, 0.1) is 23.0 Å². The van der Waals surface area contributed by atoms with Crippen molar-refractivity contribution < 1.29 is 23.1 Å². The van der Waals surface area contributed by atoms with E-state index < -0.39 is 22.0 Å². The molecule has 1 atom stereocenters. The molecule has 2 aromatic carbocycles. The number of sulfonamides is 1. The zero-order valence-corrected chi connectivity index (χ0v) is 16.1. The minimum absolute atomic E-state index is 0.143. The van der Waals surface area contributed by atoms with Gasteiger partial charge >= 0.3 is 5.97 Å². The first-order valence-corrected chi connectivity index (χ1v) is 10.4. The number of hydrogen-bond acceptors (Lipinski definition) is 5. The third-order valence-electron chi connectivity index (χ3n) is 4.71. The van der Waals surface area contributed by atoms with E-state index in [4.69, 9.17) is 4.74 Å². The number of pyridine rings is 1. The smallest absolute Gasteiger partial charge is 0.305 e. The second-order valence-corrected chi connectivity index (χ2v) is 8.37. The Balaban J connectivity index is 1.61. The number of fused-ring (bicyclic) bond motifs is 1. The van der Waals surface area contributed by atoms with Crippen molar-refractivity contribution in [1.29, 1.82) is 0 Å². The second-order valence-electron chi connectivity index (χ2n) is 6.59. The van der Waals surface area contributed by atoms with Gasteiger partial charge < -0.3 is 9.84 Å². The van der Waals surface area contributed by atoms with Crippen molar-refractivity contribution in [3.8, 4) is 5.75 Å². The molecule has 1 aromatic heterocycles. The van der Waals surface area contributed by atoms with Crippen LogP contribution in [0.5, 0.6) is 5.75 Å². The number of rotatable bonds is 6. The van der Waals surface area contributed by atoms with E-state index in [2.05, 4.69) is 4.98 Å². The highest BCUT2D eigenvalue weighted by Crippen LogP contribution is 2.44. The molecular weight excluding hydrogens is 392 g/mol. The maximum absolute atomic E-state index is 13.1. The summed E-state index contributed by atoms with van der Waals surface area (Å²) in [6, 6.07) is 16.0. The van der Waals surface area contributed by atoms with Crippen LogP contribution in [0.1, 0.15) is 23.6 Å². The highest BCUT2D eigenvalue weighted by Gasteiger charge is 2.43. The van der Waals surface area contributed by atoms with Crippen LogP contribution in [0.2, 0.25) is 0 Å². The summed E-state index contributed by atoms with van der Waals surface area (Å²) in [6.45, 7) is 0.358. The average molecular weight is 410 g/mol. The quantitative estimate of drug-likeness (QED) is 0.669. The van der Waals surface area contributed by atoms with Crippen molar-refractivity contribution in [1.82, 2.24) is 4.98 Å². The predicted octanol–water partition coefficient (Wildman–Crippen LogP) is 3.39. The zero-order chi connectivity index (χ0) is 20.4. The standard InChI is InChI=1S/C21H18N2O5S/c24-21(25)13-19-18-3-1-2-4-20(18)29(26,27)23(19)16-5-7-17(8-6-16)28-14-15-9-11-22-12-10-15/h1-12,19H,13-14H2,(H,24,25). The van der Waals surface area contributed by atoms with Crippen LogP contribution < -0.4 is 9.04 Å². The van der Waals surface area contributed by atoms with Gasteiger partial charge in [0.1, 0.15) is 12.4 Å². The molecule has 0 spiro atoms. The fourth-order valence-electron chi connectivity index (χ4n) is 3.40. The molecule has 0 fully saturated rings. The summed E-state index contributed by atoms with van der Waals surface area (Å²) < 4.78 is 33.0. The molecule has 1 unspecified atom stereocenters. The fourth-order valence-corrected chi connectivity index (χ4v) is 5.29. The van der Waals surface area contributed by atoms with Gasteiger partial charge in [0.25, 0.3) is 10.0 Å². The maximum atomic E-state index is 13.1. The van der Waals surface area contributed by atoms with Crippen molar-refractivity contribution in [2.45, 2.75) is 24.0 Å². The highest BCUT2D eigenvalue weighted by molar-refractivity contribution is 7.93. The van der Waals surface area contributed by atoms with Crippen LogP contribution in [-0.4, -0.2) is 24.5 Å². The number of carboxylic acid groups (broad SMARTS) is 1. The maximum Gasteiger partial charge on any atom is 0.305 e. The van der Waals surface area contributed by atoms with Gasteiger partial charge in [-0.15, -0.1) is 0 Å². The number of carbonyl (C=O) groups is 1. The minimum atomic E-state index is -3.84. The Morgan fingerprint density at radius 3 is 2.41 bits per heavy atom. The molecule has 0 amide bonds. The van der Waals surface area contributed by atoms with Gasteiger partial charge in [0, 0.05) is 12.4 Å². The lowest BCUT2D eigenvalue weighted by atomic mass is 10.0. The normalized spacial score (nSPS) is 17.0. The SMILES string of the molecule is O=C(O)CC1c2ccccc2S(=O)(=O)N1c1ccc(OCc2ccncc2)cc1. The van der Waals surface area contributed by atoms with E-state index in [9.17, 15) is 18.3 Å². The first-order valence-electron chi connectivity index (χ1n) is 8.94.